The van der Waals surface area contributed by atoms with Crippen LogP contribution in [0.15, 0.2) is 48.5 Å². The molecule has 0 atom stereocenters. The maximum Gasteiger partial charge on any atom is 0.343 e. The fourth-order valence-corrected chi connectivity index (χ4v) is 3.38. The number of hydrogen-bond acceptors (Lipinski definition) is 6. The first-order valence-electron chi connectivity index (χ1n) is 12.0. The number of ether oxygens (including phenoxy) is 2. The number of tetrazole rings is 1. The summed E-state index contributed by atoms with van der Waals surface area (Å²) in [6.45, 7) is 5.84. The van der Waals surface area contributed by atoms with Gasteiger partial charge in [0.25, 0.3) is 0 Å². The molecule has 3 aromatic rings. The summed E-state index contributed by atoms with van der Waals surface area (Å²) in [5.74, 6) is 1.38. The van der Waals surface area contributed by atoms with Crippen LogP contribution in [0.3, 0.4) is 0 Å². The molecule has 0 amide bonds. The Labute approximate surface area is 196 Å². The van der Waals surface area contributed by atoms with Crippen LogP contribution in [-0.2, 0) is 6.54 Å². The Balaban J connectivity index is 1.48. The fraction of sp³-hybridized carbons (Fsp3) is 0.462. The number of carbonyl (C=O) groups is 1. The Morgan fingerprint density at radius 3 is 2.18 bits per heavy atom. The van der Waals surface area contributed by atoms with E-state index in [2.05, 4.69) is 29.3 Å². The largest absolute Gasteiger partial charge is 0.494 e. The van der Waals surface area contributed by atoms with Crippen molar-refractivity contribution in [2.45, 2.75) is 71.8 Å². The Morgan fingerprint density at radius 1 is 0.818 bits per heavy atom. The number of aryl methyl sites for hydroxylation is 1. The second kappa shape index (κ2) is 13.4. The minimum Gasteiger partial charge on any atom is -0.494 e. The summed E-state index contributed by atoms with van der Waals surface area (Å²) >= 11 is 0. The smallest absolute Gasteiger partial charge is 0.343 e. The second-order valence-corrected chi connectivity index (χ2v) is 8.12. The van der Waals surface area contributed by atoms with Gasteiger partial charge in [-0.1, -0.05) is 52.4 Å². The van der Waals surface area contributed by atoms with E-state index in [1.807, 2.05) is 12.1 Å². The third-order valence-electron chi connectivity index (χ3n) is 5.34. The van der Waals surface area contributed by atoms with Crippen molar-refractivity contribution in [2.24, 2.45) is 0 Å². The van der Waals surface area contributed by atoms with Gasteiger partial charge in [0, 0.05) is 5.56 Å². The number of rotatable bonds is 14. The zero-order valence-corrected chi connectivity index (χ0v) is 19.7. The van der Waals surface area contributed by atoms with Crippen LogP contribution in [0.4, 0.5) is 0 Å². The van der Waals surface area contributed by atoms with Crippen LogP contribution in [-0.4, -0.2) is 32.8 Å². The third-order valence-corrected chi connectivity index (χ3v) is 5.34. The lowest BCUT2D eigenvalue weighted by molar-refractivity contribution is 0.0734. The maximum absolute atomic E-state index is 12.5. The molecule has 0 bridgehead atoms. The molecule has 0 saturated heterocycles. The minimum absolute atomic E-state index is 0.409. The molecule has 0 unspecified atom stereocenters. The van der Waals surface area contributed by atoms with Gasteiger partial charge >= 0.3 is 5.97 Å². The van der Waals surface area contributed by atoms with Crippen molar-refractivity contribution in [2.75, 3.05) is 6.61 Å². The maximum atomic E-state index is 12.5. The molecule has 0 saturated carbocycles. The van der Waals surface area contributed by atoms with E-state index in [4.69, 9.17) is 9.47 Å². The lowest BCUT2D eigenvalue weighted by Gasteiger charge is -2.08. The van der Waals surface area contributed by atoms with Crippen LogP contribution in [0.25, 0.3) is 11.4 Å². The van der Waals surface area contributed by atoms with Crippen molar-refractivity contribution >= 4 is 5.97 Å². The molecule has 33 heavy (non-hydrogen) atoms. The van der Waals surface area contributed by atoms with Gasteiger partial charge in [-0.15, -0.1) is 10.2 Å². The third kappa shape index (κ3) is 8.00. The molecule has 0 aliphatic rings. The highest BCUT2D eigenvalue weighted by molar-refractivity contribution is 5.91. The molecular weight excluding hydrogens is 416 g/mol. The zero-order valence-electron chi connectivity index (χ0n) is 19.7. The predicted octanol–water partition coefficient (Wildman–Crippen LogP) is 6.10. The summed E-state index contributed by atoms with van der Waals surface area (Å²) in [5, 5.41) is 12.7. The molecular formula is C26H34N4O3. The number of hydrogen-bond donors (Lipinski definition) is 0. The van der Waals surface area contributed by atoms with Crippen LogP contribution in [0.5, 0.6) is 11.5 Å². The van der Waals surface area contributed by atoms with Crippen LogP contribution in [0.1, 0.15) is 75.6 Å². The zero-order chi connectivity index (χ0) is 23.3. The monoisotopic (exact) mass is 450 g/mol. The Morgan fingerprint density at radius 2 is 1.48 bits per heavy atom. The molecule has 0 radical (unpaired) electrons. The van der Waals surface area contributed by atoms with Crippen molar-refractivity contribution in [1.29, 1.82) is 0 Å². The van der Waals surface area contributed by atoms with E-state index in [1.54, 1.807) is 41.2 Å². The van der Waals surface area contributed by atoms with Gasteiger partial charge in [-0.25, -0.2) is 4.79 Å². The number of esters is 1. The molecule has 0 aliphatic heterocycles. The van der Waals surface area contributed by atoms with Gasteiger partial charge in [0.15, 0.2) is 0 Å². The number of benzene rings is 2. The van der Waals surface area contributed by atoms with E-state index in [0.29, 0.717) is 23.7 Å². The second-order valence-electron chi connectivity index (χ2n) is 8.12. The average molecular weight is 451 g/mol. The topological polar surface area (TPSA) is 79.1 Å². The SMILES string of the molecule is CCCCCCOc1ccc(C(=O)Oc2ccc(-c3nnn(CCCCCC)n3)cc2)cc1. The fourth-order valence-electron chi connectivity index (χ4n) is 3.38. The first-order chi connectivity index (χ1) is 16.2. The van der Waals surface area contributed by atoms with Crippen LogP contribution in [0, 0.1) is 0 Å². The van der Waals surface area contributed by atoms with E-state index in [-0.39, 0.29) is 0 Å². The Kier molecular flexibility index (Phi) is 9.88. The number of unbranched alkanes of at least 4 members (excludes halogenated alkanes) is 6. The standard InChI is InChI=1S/C26H34N4O3/c1-3-5-7-9-19-30-28-25(27-29-30)21-11-17-24(18-12-21)33-26(31)22-13-15-23(16-14-22)32-20-10-8-6-4-2/h11-18H,3-10,19-20H2,1-2H3. The van der Waals surface area contributed by atoms with Gasteiger partial charge in [-0.05, 0) is 66.6 Å². The van der Waals surface area contributed by atoms with Crippen LogP contribution >= 0.6 is 0 Å². The summed E-state index contributed by atoms with van der Waals surface area (Å²) in [6.07, 6.45) is 9.28. The molecule has 0 fully saturated rings. The first-order valence-corrected chi connectivity index (χ1v) is 12.0. The Bertz CT molecular complexity index is 968. The minimum atomic E-state index is -0.409. The van der Waals surface area contributed by atoms with E-state index >= 15 is 0 Å². The van der Waals surface area contributed by atoms with E-state index < -0.39 is 5.97 Å². The average Bonchev–Trinajstić information content (AvgIpc) is 3.31. The Hall–Kier alpha value is -3.22. The summed E-state index contributed by atoms with van der Waals surface area (Å²) in [7, 11) is 0. The molecule has 0 N–H and O–H groups in total. The van der Waals surface area contributed by atoms with Gasteiger partial charge in [-0.3, -0.25) is 0 Å². The van der Waals surface area contributed by atoms with Gasteiger partial charge in [-0.2, -0.15) is 4.80 Å². The van der Waals surface area contributed by atoms with Crippen molar-refractivity contribution < 1.29 is 14.3 Å². The summed E-state index contributed by atoms with van der Waals surface area (Å²) in [6, 6.07) is 14.2. The highest BCUT2D eigenvalue weighted by Gasteiger charge is 2.11. The van der Waals surface area contributed by atoms with Crippen molar-refractivity contribution in [3.05, 3.63) is 54.1 Å². The molecule has 1 aromatic heterocycles. The number of aromatic nitrogens is 4. The molecule has 0 spiro atoms. The summed E-state index contributed by atoms with van der Waals surface area (Å²) < 4.78 is 11.2. The van der Waals surface area contributed by atoms with Crippen molar-refractivity contribution in [1.82, 2.24) is 20.2 Å². The predicted molar refractivity (Wildman–Crippen MR) is 128 cm³/mol. The molecule has 0 aliphatic carbocycles. The van der Waals surface area contributed by atoms with Crippen LogP contribution < -0.4 is 9.47 Å². The molecule has 1 heterocycles. The van der Waals surface area contributed by atoms with E-state index in [9.17, 15) is 4.79 Å². The molecule has 2 aromatic carbocycles. The number of carbonyl (C=O) groups excluding carboxylic acids is 1. The van der Waals surface area contributed by atoms with Gasteiger partial charge in [0.1, 0.15) is 11.5 Å². The van der Waals surface area contributed by atoms with E-state index in [0.717, 1.165) is 30.7 Å². The highest BCUT2D eigenvalue weighted by atomic mass is 16.5. The summed E-state index contributed by atoms with van der Waals surface area (Å²) in [4.78, 5) is 14.1. The van der Waals surface area contributed by atoms with Crippen LogP contribution in [0.2, 0.25) is 0 Å². The van der Waals surface area contributed by atoms with Gasteiger partial charge in [0.05, 0.1) is 18.7 Å². The van der Waals surface area contributed by atoms with Crippen molar-refractivity contribution in [3.8, 4) is 22.9 Å². The normalized spacial score (nSPS) is 10.8. The molecule has 176 valence electrons. The van der Waals surface area contributed by atoms with Gasteiger partial charge < -0.3 is 9.47 Å². The van der Waals surface area contributed by atoms with Gasteiger partial charge in [0.2, 0.25) is 5.82 Å². The molecule has 7 heteroatoms. The number of nitrogens with zero attached hydrogens (tertiary/aromatic N) is 4. The van der Waals surface area contributed by atoms with E-state index in [1.165, 1.54) is 38.5 Å². The lowest BCUT2D eigenvalue weighted by Crippen LogP contribution is -2.08. The molecule has 3 rings (SSSR count). The lowest BCUT2D eigenvalue weighted by atomic mass is 10.2. The first kappa shape index (κ1) is 24.4. The molecule has 7 nitrogen and oxygen atoms in total. The highest BCUT2D eigenvalue weighted by Crippen LogP contribution is 2.20. The summed E-state index contributed by atoms with van der Waals surface area (Å²) in [5.41, 5.74) is 1.31. The quantitative estimate of drug-likeness (QED) is 0.168. The van der Waals surface area contributed by atoms with Crippen molar-refractivity contribution in [3.63, 3.8) is 0 Å².